The molecule has 0 aromatic heterocycles. The summed E-state index contributed by atoms with van der Waals surface area (Å²) in [6.07, 6.45) is -3.64. The number of hydrogen-bond donors (Lipinski definition) is 0. The molecule has 0 unspecified atom stereocenters. The Bertz CT molecular complexity index is 673. The summed E-state index contributed by atoms with van der Waals surface area (Å²) in [5.74, 6) is 0. The predicted octanol–water partition coefficient (Wildman–Crippen LogP) is 2.80. The van der Waals surface area contributed by atoms with E-state index in [0.29, 0.717) is 52.2 Å². The molecular formula is C17H26F3N3O2S. The molecule has 1 heterocycles. The average Bonchev–Trinajstić information content (AvgIpc) is 2.81. The molecule has 0 radical (unpaired) electrons. The first-order valence-corrected chi connectivity index (χ1v) is 10.2. The Balaban J connectivity index is 1.98. The zero-order valence-corrected chi connectivity index (χ0v) is 16.0. The molecule has 9 heteroatoms. The molecule has 0 amide bonds. The maximum absolute atomic E-state index is 12.6. The van der Waals surface area contributed by atoms with Crippen LogP contribution in [-0.4, -0.2) is 61.2 Å². The Morgan fingerprint density at radius 1 is 1.00 bits per heavy atom. The van der Waals surface area contributed by atoms with Gasteiger partial charge in [-0.1, -0.05) is 26.0 Å². The highest BCUT2D eigenvalue weighted by atomic mass is 32.2. The zero-order valence-electron chi connectivity index (χ0n) is 15.2. The number of nitrogens with zero attached hydrogens (tertiary/aromatic N) is 3. The van der Waals surface area contributed by atoms with Gasteiger partial charge in [-0.2, -0.15) is 30.2 Å². The molecule has 1 aliphatic rings. The van der Waals surface area contributed by atoms with Gasteiger partial charge < -0.3 is 0 Å². The molecule has 1 aromatic rings. The Morgan fingerprint density at radius 3 is 2.15 bits per heavy atom. The van der Waals surface area contributed by atoms with Gasteiger partial charge in [0.25, 0.3) is 10.2 Å². The van der Waals surface area contributed by atoms with Crippen molar-refractivity contribution in [1.29, 1.82) is 0 Å². The van der Waals surface area contributed by atoms with E-state index in [2.05, 4.69) is 4.90 Å². The van der Waals surface area contributed by atoms with Gasteiger partial charge in [0.1, 0.15) is 0 Å². The van der Waals surface area contributed by atoms with Gasteiger partial charge in [0.2, 0.25) is 0 Å². The highest BCUT2D eigenvalue weighted by Gasteiger charge is 2.31. The topological polar surface area (TPSA) is 43.9 Å². The first kappa shape index (κ1) is 21.1. The average molecular weight is 393 g/mol. The Hall–Kier alpha value is -1.16. The lowest BCUT2D eigenvalue weighted by Gasteiger charge is -2.27. The summed E-state index contributed by atoms with van der Waals surface area (Å²) in [6.45, 7) is 7.13. The molecule has 1 aromatic carbocycles. The van der Waals surface area contributed by atoms with Gasteiger partial charge in [0.05, 0.1) is 5.56 Å². The Morgan fingerprint density at radius 2 is 1.62 bits per heavy atom. The van der Waals surface area contributed by atoms with Crippen LogP contribution in [0.1, 0.15) is 31.4 Å². The molecule has 0 N–H and O–H groups in total. The molecule has 26 heavy (non-hydrogen) atoms. The molecule has 0 atom stereocenters. The number of benzene rings is 1. The van der Waals surface area contributed by atoms with E-state index in [9.17, 15) is 21.6 Å². The molecule has 1 fully saturated rings. The fourth-order valence-electron chi connectivity index (χ4n) is 3.11. The van der Waals surface area contributed by atoms with Crippen LogP contribution < -0.4 is 0 Å². The van der Waals surface area contributed by atoms with Crippen LogP contribution in [0.4, 0.5) is 13.2 Å². The normalized spacial score (nSPS) is 18.2. The van der Waals surface area contributed by atoms with Crippen molar-refractivity contribution in [3.05, 3.63) is 35.4 Å². The number of halogens is 3. The summed E-state index contributed by atoms with van der Waals surface area (Å²) in [7, 11) is -3.45. The molecule has 1 aliphatic heterocycles. The van der Waals surface area contributed by atoms with E-state index in [4.69, 9.17) is 0 Å². The lowest BCUT2D eigenvalue weighted by Crippen LogP contribution is -2.45. The molecule has 0 bridgehead atoms. The number of hydrogen-bond acceptors (Lipinski definition) is 3. The van der Waals surface area contributed by atoms with Crippen LogP contribution in [0.2, 0.25) is 0 Å². The number of alkyl halides is 3. The molecule has 148 valence electrons. The minimum atomic E-state index is -4.33. The summed E-state index contributed by atoms with van der Waals surface area (Å²) < 4.78 is 66.1. The summed E-state index contributed by atoms with van der Waals surface area (Å²) in [4.78, 5) is 2.08. The largest absolute Gasteiger partial charge is 0.416 e. The van der Waals surface area contributed by atoms with Gasteiger partial charge in [0.15, 0.2) is 0 Å². The van der Waals surface area contributed by atoms with E-state index in [1.54, 1.807) is 0 Å². The van der Waals surface area contributed by atoms with Gasteiger partial charge >= 0.3 is 6.18 Å². The van der Waals surface area contributed by atoms with Crippen molar-refractivity contribution in [2.45, 2.75) is 33.0 Å². The molecule has 0 saturated carbocycles. The van der Waals surface area contributed by atoms with Crippen molar-refractivity contribution in [1.82, 2.24) is 13.5 Å². The fraction of sp³-hybridized carbons (Fsp3) is 0.647. The number of rotatable bonds is 6. The van der Waals surface area contributed by atoms with Gasteiger partial charge in [-0.15, -0.1) is 0 Å². The zero-order chi connectivity index (χ0) is 19.4. The summed E-state index contributed by atoms with van der Waals surface area (Å²) >= 11 is 0. The lowest BCUT2D eigenvalue weighted by atomic mass is 10.1. The molecule has 2 rings (SSSR count). The molecule has 0 aliphatic carbocycles. The minimum Gasteiger partial charge on any atom is -0.298 e. The third-order valence-electron chi connectivity index (χ3n) is 4.59. The first-order valence-electron chi connectivity index (χ1n) is 8.82. The second-order valence-electron chi connectivity index (χ2n) is 6.32. The second-order valence-corrected chi connectivity index (χ2v) is 8.24. The quantitative estimate of drug-likeness (QED) is 0.747. The van der Waals surface area contributed by atoms with Crippen molar-refractivity contribution in [3.8, 4) is 0 Å². The van der Waals surface area contributed by atoms with E-state index in [0.717, 1.165) is 17.7 Å². The van der Waals surface area contributed by atoms with Gasteiger partial charge in [-0.3, -0.25) is 4.90 Å². The lowest BCUT2D eigenvalue weighted by molar-refractivity contribution is -0.137. The third-order valence-corrected chi connectivity index (χ3v) is 6.78. The van der Waals surface area contributed by atoms with E-state index in [1.165, 1.54) is 20.7 Å². The second kappa shape index (κ2) is 8.69. The maximum Gasteiger partial charge on any atom is 0.416 e. The first-order chi connectivity index (χ1) is 12.2. The van der Waals surface area contributed by atoms with E-state index < -0.39 is 21.9 Å². The van der Waals surface area contributed by atoms with Gasteiger partial charge in [0, 0.05) is 39.3 Å². The van der Waals surface area contributed by atoms with E-state index in [-0.39, 0.29) is 0 Å². The Kier molecular flexibility index (Phi) is 7.06. The van der Waals surface area contributed by atoms with Crippen LogP contribution in [0.5, 0.6) is 0 Å². The minimum absolute atomic E-state index is 0.388. The standard InChI is InChI=1S/C17H26F3N3O2S/c1-3-22(4-2)26(24,25)23-11-5-10-21(12-13-23)14-15-6-8-16(9-7-15)17(18,19)20/h6-9H,3-5,10-14H2,1-2H3. The van der Waals surface area contributed by atoms with Crippen molar-refractivity contribution in [3.63, 3.8) is 0 Å². The monoisotopic (exact) mass is 393 g/mol. The van der Waals surface area contributed by atoms with Crippen molar-refractivity contribution < 1.29 is 21.6 Å². The van der Waals surface area contributed by atoms with Gasteiger partial charge in [-0.25, -0.2) is 0 Å². The third kappa shape index (κ3) is 5.18. The summed E-state index contributed by atoms with van der Waals surface area (Å²) in [5.41, 5.74) is 0.131. The van der Waals surface area contributed by atoms with Crippen LogP contribution >= 0.6 is 0 Å². The molecule has 0 spiro atoms. The van der Waals surface area contributed by atoms with Crippen LogP contribution in [0.25, 0.3) is 0 Å². The maximum atomic E-state index is 12.6. The smallest absolute Gasteiger partial charge is 0.298 e. The van der Waals surface area contributed by atoms with Crippen LogP contribution in [0, 0.1) is 0 Å². The molecular weight excluding hydrogens is 367 g/mol. The highest BCUT2D eigenvalue weighted by Crippen LogP contribution is 2.29. The fourth-order valence-corrected chi connectivity index (χ4v) is 4.76. The predicted molar refractivity (Wildman–Crippen MR) is 94.8 cm³/mol. The Labute approximate surface area is 153 Å². The van der Waals surface area contributed by atoms with Gasteiger partial charge in [-0.05, 0) is 30.7 Å². The van der Waals surface area contributed by atoms with E-state index >= 15 is 0 Å². The summed E-state index contributed by atoms with van der Waals surface area (Å²) in [5, 5.41) is 0. The molecule has 1 saturated heterocycles. The van der Waals surface area contributed by atoms with Crippen molar-refractivity contribution in [2.75, 3.05) is 39.3 Å². The SMILES string of the molecule is CCN(CC)S(=O)(=O)N1CCCN(Cc2ccc(C(F)(F)F)cc2)CC1. The van der Waals surface area contributed by atoms with E-state index in [1.807, 2.05) is 13.8 Å². The van der Waals surface area contributed by atoms with Crippen LogP contribution in [0.3, 0.4) is 0 Å². The molecule has 5 nitrogen and oxygen atoms in total. The van der Waals surface area contributed by atoms with Crippen LogP contribution in [0.15, 0.2) is 24.3 Å². The van der Waals surface area contributed by atoms with Crippen molar-refractivity contribution in [2.24, 2.45) is 0 Å². The van der Waals surface area contributed by atoms with Crippen molar-refractivity contribution >= 4 is 10.2 Å². The summed E-state index contributed by atoms with van der Waals surface area (Å²) in [6, 6.07) is 5.14. The van der Waals surface area contributed by atoms with Crippen LogP contribution in [-0.2, 0) is 22.9 Å². The highest BCUT2D eigenvalue weighted by molar-refractivity contribution is 7.86.